The van der Waals surface area contributed by atoms with Gasteiger partial charge in [0.15, 0.2) is 5.01 Å². The summed E-state index contributed by atoms with van der Waals surface area (Å²) in [5.41, 5.74) is 1.05. The Kier molecular flexibility index (Phi) is 3.81. The van der Waals surface area contributed by atoms with Crippen LogP contribution in [0.4, 0.5) is 0 Å². The van der Waals surface area contributed by atoms with E-state index < -0.39 is 0 Å². The molecule has 0 bridgehead atoms. The molecule has 0 radical (unpaired) electrons. The molecule has 0 spiro atoms. The van der Waals surface area contributed by atoms with E-state index in [1.807, 2.05) is 12.3 Å². The second-order valence-electron chi connectivity index (χ2n) is 2.77. The number of thiazole rings is 1. The summed E-state index contributed by atoms with van der Waals surface area (Å²) in [5, 5.41) is 3.00. The Morgan fingerprint density at radius 2 is 2.15 bits per heavy atom. The minimum Gasteiger partial charge on any atom is -0.361 e. The highest BCUT2D eigenvalue weighted by atomic mass is 32.1. The average Bonchev–Trinajstić information content (AvgIpc) is 2.54. The fourth-order valence-corrected chi connectivity index (χ4v) is 2.31. The first-order valence-corrected chi connectivity index (χ1v) is 5.69. The summed E-state index contributed by atoms with van der Waals surface area (Å²) in [6.07, 6.45) is 0. The monoisotopic (exact) mass is 214 g/mol. The van der Waals surface area contributed by atoms with Gasteiger partial charge in [-0.2, -0.15) is 0 Å². The van der Waals surface area contributed by atoms with Crippen molar-refractivity contribution in [2.45, 2.75) is 20.8 Å². The highest BCUT2D eigenvalue weighted by Crippen LogP contribution is 2.12. The molecule has 4 heteroatoms. The molecule has 72 valence electrons. The summed E-state index contributed by atoms with van der Waals surface area (Å²) in [6.45, 7) is 8.11. The maximum atomic E-state index is 5.33. The molecule has 0 aromatic carbocycles. The molecule has 0 unspecified atom stereocenters. The topological polar surface area (TPSA) is 16.1 Å². The number of rotatable bonds is 3. The third kappa shape index (κ3) is 2.48. The predicted octanol–water partition coefficient (Wildman–Crippen LogP) is 2.47. The number of thiocarbonyl (C=S) groups is 1. The number of hydrogen-bond acceptors (Lipinski definition) is 3. The summed E-state index contributed by atoms with van der Waals surface area (Å²) in [6, 6.07) is 0. The van der Waals surface area contributed by atoms with Crippen LogP contribution in [0.2, 0.25) is 0 Å². The van der Waals surface area contributed by atoms with E-state index in [-0.39, 0.29) is 0 Å². The van der Waals surface area contributed by atoms with Crippen LogP contribution in [0.3, 0.4) is 0 Å². The van der Waals surface area contributed by atoms with Crippen molar-refractivity contribution in [2.24, 2.45) is 0 Å². The zero-order valence-electron chi connectivity index (χ0n) is 8.20. The lowest BCUT2D eigenvalue weighted by molar-refractivity contribution is 0.474. The number of aryl methyl sites for hydroxylation is 1. The third-order valence-electron chi connectivity index (χ3n) is 1.85. The lowest BCUT2D eigenvalue weighted by Gasteiger charge is -2.19. The van der Waals surface area contributed by atoms with Crippen molar-refractivity contribution in [3.63, 3.8) is 0 Å². The van der Waals surface area contributed by atoms with Crippen LogP contribution in [-0.2, 0) is 0 Å². The summed E-state index contributed by atoms with van der Waals surface area (Å²) in [4.78, 5) is 7.39. The van der Waals surface area contributed by atoms with Crippen molar-refractivity contribution in [3.05, 3.63) is 16.1 Å². The molecule has 0 aliphatic carbocycles. The second kappa shape index (κ2) is 4.67. The highest BCUT2D eigenvalue weighted by molar-refractivity contribution is 7.81. The Morgan fingerprint density at radius 3 is 2.54 bits per heavy atom. The van der Waals surface area contributed by atoms with Gasteiger partial charge in [0.1, 0.15) is 4.99 Å². The molecule has 0 aliphatic heterocycles. The first kappa shape index (κ1) is 10.6. The van der Waals surface area contributed by atoms with E-state index in [0.717, 1.165) is 28.8 Å². The zero-order chi connectivity index (χ0) is 9.84. The molecule has 1 aromatic rings. The van der Waals surface area contributed by atoms with Crippen LogP contribution in [0, 0.1) is 6.92 Å². The van der Waals surface area contributed by atoms with Gasteiger partial charge in [-0.3, -0.25) is 0 Å². The molecular weight excluding hydrogens is 200 g/mol. The van der Waals surface area contributed by atoms with Crippen LogP contribution in [-0.4, -0.2) is 28.0 Å². The van der Waals surface area contributed by atoms with Crippen molar-refractivity contribution in [1.29, 1.82) is 0 Å². The lowest BCUT2D eigenvalue weighted by atomic mass is 10.5. The number of hydrogen-bond donors (Lipinski definition) is 0. The summed E-state index contributed by atoms with van der Waals surface area (Å²) in [5.74, 6) is 0. The largest absolute Gasteiger partial charge is 0.361 e. The minimum absolute atomic E-state index is 0.878. The predicted molar refractivity (Wildman–Crippen MR) is 61.5 cm³/mol. The van der Waals surface area contributed by atoms with E-state index in [4.69, 9.17) is 12.2 Å². The Balaban J connectivity index is 2.78. The van der Waals surface area contributed by atoms with Gasteiger partial charge in [-0.1, -0.05) is 12.2 Å². The number of aromatic nitrogens is 1. The minimum atomic E-state index is 0.878. The Morgan fingerprint density at radius 1 is 1.54 bits per heavy atom. The Bertz CT molecular complexity index is 290. The van der Waals surface area contributed by atoms with Crippen LogP contribution >= 0.6 is 23.6 Å². The van der Waals surface area contributed by atoms with E-state index in [1.54, 1.807) is 11.3 Å². The van der Waals surface area contributed by atoms with Gasteiger partial charge < -0.3 is 4.90 Å². The van der Waals surface area contributed by atoms with Gasteiger partial charge >= 0.3 is 0 Å². The maximum absolute atomic E-state index is 5.33. The molecule has 0 saturated carbocycles. The van der Waals surface area contributed by atoms with Crippen LogP contribution in [0.1, 0.15) is 24.5 Å². The molecule has 13 heavy (non-hydrogen) atoms. The van der Waals surface area contributed by atoms with Crippen molar-refractivity contribution in [3.8, 4) is 0 Å². The maximum Gasteiger partial charge on any atom is 0.151 e. The van der Waals surface area contributed by atoms with Gasteiger partial charge in [0, 0.05) is 24.2 Å². The molecule has 0 N–H and O–H groups in total. The fraction of sp³-hybridized carbons (Fsp3) is 0.556. The van der Waals surface area contributed by atoms with Gasteiger partial charge in [0.2, 0.25) is 0 Å². The zero-order valence-corrected chi connectivity index (χ0v) is 9.84. The smallest absolute Gasteiger partial charge is 0.151 e. The van der Waals surface area contributed by atoms with Crippen LogP contribution in [0.15, 0.2) is 5.38 Å². The molecule has 1 aromatic heterocycles. The lowest BCUT2D eigenvalue weighted by Crippen LogP contribution is -2.29. The van der Waals surface area contributed by atoms with Gasteiger partial charge in [0.05, 0.1) is 0 Å². The quantitative estimate of drug-likeness (QED) is 0.719. The molecule has 0 saturated heterocycles. The SMILES string of the molecule is CCN(CC)C(=S)c1nc(C)cs1. The van der Waals surface area contributed by atoms with Gasteiger partial charge in [-0.15, -0.1) is 11.3 Å². The highest BCUT2D eigenvalue weighted by Gasteiger charge is 2.10. The molecule has 2 nitrogen and oxygen atoms in total. The van der Waals surface area contributed by atoms with Crippen molar-refractivity contribution < 1.29 is 0 Å². The van der Waals surface area contributed by atoms with Crippen molar-refractivity contribution in [1.82, 2.24) is 9.88 Å². The molecular formula is C9H14N2S2. The number of nitrogens with zero attached hydrogens (tertiary/aromatic N) is 2. The fourth-order valence-electron chi connectivity index (χ4n) is 1.10. The van der Waals surface area contributed by atoms with Crippen molar-refractivity contribution in [2.75, 3.05) is 13.1 Å². The Hall–Kier alpha value is -0.480. The molecule has 1 rings (SSSR count). The molecule has 0 amide bonds. The van der Waals surface area contributed by atoms with Crippen LogP contribution in [0.25, 0.3) is 0 Å². The average molecular weight is 214 g/mol. The third-order valence-corrected chi connectivity index (χ3v) is 3.40. The summed E-state index contributed by atoms with van der Waals surface area (Å²) >= 11 is 6.95. The van der Waals surface area contributed by atoms with Gasteiger partial charge in [-0.25, -0.2) is 4.98 Å². The summed E-state index contributed by atoms with van der Waals surface area (Å²) in [7, 11) is 0. The first-order chi connectivity index (χ1) is 6.19. The van der Waals surface area contributed by atoms with E-state index in [1.165, 1.54) is 0 Å². The van der Waals surface area contributed by atoms with E-state index in [0.29, 0.717) is 0 Å². The van der Waals surface area contributed by atoms with E-state index in [2.05, 4.69) is 23.7 Å². The van der Waals surface area contributed by atoms with Crippen LogP contribution < -0.4 is 0 Å². The van der Waals surface area contributed by atoms with E-state index >= 15 is 0 Å². The standard InChI is InChI=1S/C9H14N2S2/c1-4-11(5-2)9(12)8-10-7(3)6-13-8/h6H,4-5H2,1-3H3. The van der Waals surface area contributed by atoms with E-state index in [9.17, 15) is 0 Å². The second-order valence-corrected chi connectivity index (χ2v) is 4.02. The molecule has 0 atom stereocenters. The van der Waals surface area contributed by atoms with Gasteiger partial charge in [-0.05, 0) is 20.8 Å². The van der Waals surface area contributed by atoms with Crippen molar-refractivity contribution >= 4 is 28.5 Å². The molecule has 0 fully saturated rings. The van der Waals surface area contributed by atoms with Gasteiger partial charge in [0.25, 0.3) is 0 Å². The molecule has 1 heterocycles. The Labute approximate surface area is 88.6 Å². The molecule has 0 aliphatic rings. The normalized spacial score (nSPS) is 10.1. The van der Waals surface area contributed by atoms with Crippen LogP contribution in [0.5, 0.6) is 0 Å². The first-order valence-electron chi connectivity index (χ1n) is 4.40. The summed E-state index contributed by atoms with van der Waals surface area (Å²) < 4.78 is 0.